The second kappa shape index (κ2) is 14.3. The van der Waals surface area contributed by atoms with Gasteiger partial charge in [0.25, 0.3) is 0 Å². The number of nitrogens with zero attached hydrogens (tertiary/aromatic N) is 4. The summed E-state index contributed by atoms with van der Waals surface area (Å²) in [5.74, 6) is 0. The topological polar surface area (TPSA) is 99.3 Å². The maximum absolute atomic E-state index is 7.98. The molecule has 0 atom stereocenters. The van der Waals surface area contributed by atoms with Gasteiger partial charge < -0.3 is 12.4 Å². The SMILES string of the molecule is N=C1C(=N)c2ccccc2-c2ccccc21.[Cl-].[Rh+3].c1cnc2c(c1)ccc1cccnc12.c1cnc2c(c1)ccc1cccnc12. The molecule has 46 heavy (non-hydrogen) atoms. The Morgan fingerprint density at radius 3 is 0.870 bits per heavy atom. The Kier molecular flexibility index (Phi) is 9.97. The van der Waals surface area contributed by atoms with Gasteiger partial charge in [-0.2, -0.15) is 0 Å². The second-order valence-electron chi connectivity index (χ2n) is 10.3. The van der Waals surface area contributed by atoms with Crippen molar-refractivity contribution in [1.82, 2.24) is 19.9 Å². The van der Waals surface area contributed by atoms with Gasteiger partial charge >= 0.3 is 19.5 Å². The molecule has 0 fully saturated rings. The van der Waals surface area contributed by atoms with Crippen LogP contribution in [-0.2, 0) is 19.5 Å². The van der Waals surface area contributed by atoms with Crippen molar-refractivity contribution in [3.63, 3.8) is 0 Å². The third-order valence-corrected chi connectivity index (χ3v) is 7.62. The molecule has 0 amide bonds. The summed E-state index contributed by atoms with van der Waals surface area (Å²) >= 11 is 0. The molecule has 6 nitrogen and oxygen atoms in total. The number of benzene rings is 4. The Morgan fingerprint density at radius 1 is 0.326 bits per heavy atom. The zero-order valence-corrected chi connectivity index (χ0v) is 26.8. The molecule has 0 saturated heterocycles. The van der Waals surface area contributed by atoms with E-state index in [2.05, 4.69) is 68.5 Å². The van der Waals surface area contributed by atoms with Crippen molar-refractivity contribution in [2.45, 2.75) is 0 Å². The summed E-state index contributed by atoms with van der Waals surface area (Å²) in [7, 11) is 0. The Labute approximate surface area is 284 Å². The minimum atomic E-state index is 0. The monoisotopic (exact) mass is 704 g/mol. The molecule has 9 rings (SSSR count). The number of halogens is 1. The molecule has 222 valence electrons. The van der Waals surface area contributed by atoms with E-state index >= 15 is 0 Å². The number of aromatic nitrogens is 4. The largest absolute Gasteiger partial charge is 3.00 e. The van der Waals surface area contributed by atoms with Crippen LogP contribution in [0.15, 0.2) is 146 Å². The van der Waals surface area contributed by atoms with Gasteiger partial charge in [0.1, 0.15) is 0 Å². The fourth-order valence-corrected chi connectivity index (χ4v) is 5.50. The van der Waals surface area contributed by atoms with E-state index in [0.29, 0.717) is 11.4 Å². The van der Waals surface area contributed by atoms with E-state index in [4.69, 9.17) is 10.8 Å². The maximum atomic E-state index is 7.98. The summed E-state index contributed by atoms with van der Waals surface area (Å²) in [6.07, 6.45) is 7.21. The molecule has 8 heteroatoms. The molecule has 0 radical (unpaired) electrons. The Hall–Kier alpha value is -5.23. The third kappa shape index (κ3) is 6.16. The molecule has 0 unspecified atom stereocenters. The van der Waals surface area contributed by atoms with E-state index in [-0.39, 0.29) is 31.9 Å². The van der Waals surface area contributed by atoms with Crippen LogP contribution in [0.3, 0.4) is 0 Å². The molecule has 1 aliphatic carbocycles. The number of nitrogens with one attached hydrogen (secondary N) is 2. The first-order valence-corrected chi connectivity index (χ1v) is 14.2. The number of hydrogen-bond donors (Lipinski definition) is 2. The van der Waals surface area contributed by atoms with Gasteiger partial charge in [-0.3, -0.25) is 30.8 Å². The van der Waals surface area contributed by atoms with Gasteiger partial charge in [0.15, 0.2) is 0 Å². The number of rotatable bonds is 0. The van der Waals surface area contributed by atoms with E-state index in [1.54, 1.807) is 24.8 Å². The van der Waals surface area contributed by atoms with Crippen molar-refractivity contribution in [3.05, 3.63) is 157 Å². The summed E-state index contributed by atoms with van der Waals surface area (Å²) in [5.41, 5.74) is 8.35. The molecule has 2 N–H and O–H groups in total. The van der Waals surface area contributed by atoms with Gasteiger partial charge in [0.05, 0.1) is 33.5 Å². The van der Waals surface area contributed by atoms with Gasteiger partial charge in [0, 0.05) is 57.5 Å². The van der Waals surface area contributed by atoms with Crippen LogP contribution in [-0.4, -0.2) is 31.4 Å². The standard InChI is InChI=1S/C14H10N2.2C12H8N2.ClH.Rh/c15-13-11-7-3-1-5-9(11)10-6-2-4-8-12(10)14(13)16;2*1-3-9-5-6-10-4-2-8-14-12(10)11(9)13-7-1;;/h1-8,15-16H;2*1-8H;1H;/q;;;;+3/p-1. The van der Waals surface area contributed by atoms with Gasteiger partial charge in [-0.05, 0) is 35.4 Å². The van der Waals surface area contributed by atoms with E-state index in [1.165, 1.54) is 0 Å². The molecule has 0 saturated carbocycles. The Balaban J connectivity index is 0.000000133. The van der Waals surface area contributed by atoms with Gasteiger partial charge in [0.2, 0.25) is 0 Å². The first kappa shape index (κ1) is 32.2. The minimum Gasteiger partial charge on any atom is -1.00 e. The molecule has 8 aromatic rings. The van der Waals surface area contributed by atoms with E-state index in [1.807, 2.05) is 72.8 Å². The van der Waals surface area contributed by atoms with Gasteiger partial charge in [-0.1, -0.05) is 97.1 Å². The van der Waals surface area contributed by atoms with Crippen LogP contribution < -0.4 is 12.4 Å². The fraction of sp³-hybridized carbons (Fsp3) is 0. The molecule has 4 aromatic heterocycles. The molecule has 4 heterocycles. The molecule has 1 aliphatic rings. The van der Waals surface area contributed by atoms with Crippen molar-refractivity contribution >= 4 is 55.0 Å². The number of pyridine rings is 4. The zero-order valence-electron chi connectivity index (χ0n) is 24.4. The summed E-state index contributed by atoms with van der Waals surface area (Å²) < 4.78 is 0. The van der Waals surface area contributed by atoms with Crippen LogP contribution in [0.2, 0.25) is 0 Å². The van der Waals surface area contributed by atoms with Crippen molar-refractivity contribution in [2.75, 3.05) is 0 Å². The Morgan fingerprint density at radius 2 is 0.587 bits per heavy atom. The van der Waals surface area contributed by atoms with Crippen LogP contribution in [0, 0.1) is 10.8 Å². The van der Waals surface area contributed by atoms with Gasteiger partial charge in [-0.25, -0.2) is 0 Å². The van der Waals surface area contributed by atoms with Crippen LogP contribution in [0.1, 0.15) is 11.1 Å². The molecule has 0 aliphatic heterocycles. The van der Waals surface area contributed by atoms with Crippen molar-refractivity contribution in [1.29, 1.82) is 10.8 Å². The molecule has 0 spiro atoms. The third-order valence-electron chi connectivity index (χ3n) is 7.62. The van der Waals surface area contributed by atoms with Crippen molar-refractivity contribution in [2.24, 2.45) is 0 Å². The van der Waals surface area contributed by atoms with Crippen molar-refractivity contribution in [3.8, 4) is 11.1 Å². The van der Waals surface area contributed by atoms with E-state index in [9.17, 15) is 0 Å². The predicted molar refractivity (Wildman–Crippen MR) is 180 cm³/mol. The predicted octanol–water partition coefficient (Wildman–Crippen LogP) is 5.67. The first-order valence-electron chi connectivity index (χ1n) is 14.2. The maximum Gasteiger partial charge on any atom is 3.00 e. The summed E-state index contributed by atoms with van der Waals surface area (Å²) in [4.78, 5) is 17.4. The molecular weight excluding hydrogens is 679 g/mol. The number of fused-ring (bicyclic) bond motifs is 9. The number of hydrogen-bond acceptors (Lipinski definition) is 6. The van der Waals surface area contributed by atoms with Gasteiger partial charge in [-0.15, -0.1) is 0 Å². The summed E-state index contributed by atoms with van der Waals surface area (Å²) in [5, 5.41) is 20.5. The second-order valence-corrected chi connectivity index (χ2v) is 10.3. The Bertz CT molecular complexity index is 2080. The van der Waals surface area contributed by atoms with E-state index < -0.39 is 0 Å². The van der Waals surface area contributed by atoms with E-state index in [0.717, 1.165) is 65.9 Å². The van der Waals surface area contributed by atoms with Crippen LogP contribution in [0.5, 0.6) is 0 Å². The molecule has 0 bridgehead atoms. The fourth-order valence-electron chi connectivity index (χ4n) is 5.50. The van der Waals surface area contributed by atoms with Crippen LogP contribution in [0.4, 0.5) is 0 Å². The first-order chi connectivity index (χ1) is 21.7. The molecule has 4 aromatic carbocycles. The molecular formula is C38H26ClN6Rh+2. The normalized spacial score (nSPS) is 11.2. The van der Waals surface area contributed by atoms with Crippen LogP contribution in [0.25, 0.3) is 54.7 Å². The zero-order chi connectivity index (χ0) is 29.9. The average molecular weight is 705 g/mol. The van der Waals surface area contributed by atoms with Crippen LogP contribution >= 0.6 is 0 Å². The van der Waals surface area contributed by atoms with Crippen molar-refractivity contribution < 1.29 is 31.9 Å². The quantitative estimate of drug-likeness (QED) is 0.157. The summed E-state index contributed by atoms with van der Waals surface area (Å²) in [6, 6.07) is 39.9. The smallest absolute Gasteiger partial charge is 1.00 e. The average Bonchev–Trinajstić information content (AvgIpc) is 3.11. The summed E-state index contributed by atoms with van der Waals surface area (Å²) in [6.45, 7) is 0. The minimum absolute atomic E-state index is 0.